The van der Waals surface area contributed by atoms with Gasteiger partial charge in [-0.25, -0.2) is 0 Å². The van der Waals surface area contributed by atoms with E-state index in [0.717, 1.165) is 32.3 Å². The van der Waals surface area contributed by atoms with Crippen LogP contribution in [-0.2, 0) is 4.74 Å². The minimum atomic E-state index is 0.120. The lowest BCUT2D eigenvalue weighted by atomic mass is 10.0. The van der Waals surface area contributed by atoms with Gasteiger partial charge in [-0.05, 0) is 43.9 Å². The zero-order valence-electron chi connectivity index (χ0n) is 10.3. The third-order valence-corrected chi connectivity index (χ3v) is 3.60. The summed E-state index contributed by atoms with van der Waals surface area (Å²) in [6.07, 6.45) is 5.00. The van der Waals surface area contributed by atoms with Crippen LogP contribution in [-0.4, -0.2) is 18.5 Å². The zero-order chi connectivity index (χ0) is 13.0. The first-order valence-electron chi connectivity index (χ1n) is 6.36. The molecule has 2 N–H and O–H groups in total. The van der Waals surface area contributed by atoms with Crippen LogP contribution in [0.25, 0.3) is 0 Å². The maximum atomic E-state index is 11.9. The second-order valence-electron chi connectivity index (χ2n) is 4.69. The largest absolute Gasteiger partial charge is 0.398 e. The monoisotopic (exact) mass is 267 g/mol. The van der Waals surface area contributed by atoms with Gasteiger partial charge >= 0.3 is 0 Å². The van der Waals surface area contributed by atoms with Gasteiger partial charge in [0.25, 0.3) is 0 Å². The lowest BCUT2D eigenvalue weighted by molar-refractivity contribution is 0.0923. The van der Waals surface area contributed by atoms with Crippen LogP contribution in [0, 0.1) is 0 Å². The Morgan fingerprint density at radius 2 is 2.33 bits per heavy atom. The van der Waals surface area contributed by atoms with Crippen LogP contribution in [0.3, 0.4) is 0 Å². The van der Waals surface area contributed by atoms with E-state index < -0.39 is 0 Å². The van der Waals surface area contributed by atoms with E-state index in [2.05, 4.69) is 0 Å². The Bertz CT molecular complexity index is 428. The highest BCUT2D eigenvalue weighted by molar-refractivity contribution is 6.33. The first-order chi connectivity index (χ1) is 8.66. The minimum absolute atomic E-state index is 0.120. The molecule has 0 saturated carbocycles. The zero-order valence-corrected chi connectivity index (χ0v) is 11.1. The predicted molar refractivity (Wildman–Crippen MR) is 73.0 cm³/mol. The van der Waals surface area contributed by atoms with Crippen molar-refractivity contribution in [2.45, 2.75) is 38.2 Å². The molecule has 0 aromatic heterocycles. The van der Waals surface area contributed by atoms with Gasteiger partial charge in [-0.3, -0.25) is 4.79 Å². The van der Waals surface area contributed by atoms with Gasteiger partial charge in [-0.1, -0.05) is 11.6 Å². The third kappa shape index (κ3) is 3.47. The summed E-state index contributed by atoms with van der Waals surface area (Å²) in [4.78, 5) is 11.9. The molecule has 0 spiro atoms. The van der Waals surface area contributed by atoms with Crippen LogP contribution in [0.2, 0.25) is 5.02 Å². The molecule has 1 fully saturated rings. The molecule has 0 bridgehead atoms. The van der Waals surface area contributed by atoms with Crippen LogP contribution in [0.1, 0.15) is 42.5 Å². The molecule has 2 rings (SSSR count). The summed E-state index contributed by atoms with van der Waals surface area (Å²) in [6, 6.07) is 5.05. The molecular formula is C14H18ClNO2. The number of Topliss-reactive ketones (excluding diaryl/α,β-unsaturated/α-hetero) is 1. The van der Waals surface area contributed by atoms with E-state index >= 15 is 0 Å². The standard InChI is InChI=1S/C14H18ClNO2/c15-12-9-10(6-7-13(12)16)14(17)5-1-3-11-4-2-8-18-11/h6-7,9,11H,1-5,8,16H2. The highest BCUT2D eigenvalue weighted by atomic mass is 35.5. The number of nitrogens with two attached hydrogens (primary N) is 1. The molecule has 1 aromatic carbocycles. The summed E-state index contributed by atoms with van der Waals surface area (Å²) in [6.45, 7) is 0.867. The molecule has 0 radical (unpaired) electrons. The van der Waals surface area contributed by atoms with E-state index in [9.17, 15) is 4.79 Å². The van der Waals surface area contributed by atoms with Crippen molar-refractivity contribution in [3.8, 4) is 0 Å². The fourth-order valence-corrected chi connectivity index (χ4v) is 2.39. The molecule has 1 aliphatic heterocycles. The first-order valence-corrected chi connectivity index (χ1v) is 6.74. The number of carbonyl (C=O) groups is 1. The molecule has 0 amide bonds. The van der Waals surface area contributed by atoms with E-state index in [0.29, 0.717) is 28.8 Å². The van der Waals surface area contributed by atoms with Gasteiger partial charge in [-0.15, -0.1) is 0 Å². The summed E-state index contributed by atoms with van der Waals surface area (Å²) in [5, 5.41) is 0.444. The molecule has 1 unspecified atom stereocenters. The second kappa shape index (κ2) is 6.21. The molecule has 1 heterocycles. The number of ketones is 1. The smallest absolute Gasteiger partial charge is 0.162 e. The molecule has 0 aliphatic carbocycles. The van der Waals surface area contributed by atoms with Gasteiger partial charge in [0.15, 0.2) is 5.78 Å². The Hall–Kier alpha value is -1.06. The van der Waals surface area contributed by atoms with Crippen molar-refractivity contribution in [3.05, 3.63) is 28.8 Å². The number of benzene rings is 1. The summed E-state index contributed by atoms with van der Waals surface area (Å²) in [5.41, 5.74) is 6.76. The van der Waals surface area contributed by atoms with E-state index in [1.54, 1.807) is 18.2 Å². The van der Waals surface area contributed by atoms with Crippen molar-refractivity contribution < 1.29 is 9.53 Å². The highest BCUT2D eigenvalue weighted by Gasteiger charge is 2.16. The average Bonchev–Trinajstić information content (AvgIpc) is 2.85. The van der Waals surface area contributed by atoms with Crippen LogP contribution < -0.4 is 5.73 Å². The predicted octanol–water partition coefficient (Wildman–Crippen LogP) is 3.45. The number of ether oxygens (including phenoxy) is 1. The number of hydrogen-bond donors (Lipinski definition) is 1. The molecule has 18 heavy (non-hydrogen) atoms. The Kier molecular flexibility index (Phi) is 4.61. The van der Waals surface area contributed by atoms with Crippen molar-refractivity contribution >= 4 is 23.1 Å². The Balaban J connectivity index is 1.81. The SMILES string of the molecule is Nc1ccc(C(=O)CCCC2CCCO2)cc1Cl. The average molecular weight is 268 g/mol. The molecule has 1 aliphatic rings. The molecule has 3 nitrogen and oxygen atoms in total. The number of rotatable bonds is 5. The van der Waals surface area contributed by atoms with Crippen LogP contribution in [0.4, 0.5) is 5.69 Å². The number of carbonyl (C=O) groups excluding carboxylic acids is 1. The molecular weight excluding hydrogens is 250 g/mol. The highest BCUT2D eigenvalue weighted by Crippen LogP contribution is 2.22. The maximum Gasteiger partial charge on any atom is 0.162 e. The Morgan fingerprint density at radius 3 is 3.00 bits per heavy atom. The van der Waals surface area contributed by atoms with E-state index in [4.69, 9.17) is 22.1 Å². The quantitative estimate of drug-likeness (QED) is 0.657. The summed E-state index contributed by atoms with van der Waals surface area (Å²) in [5.74, 6) is 0.120. The van der Waals surface area contributed by atoms with Crippen molar-refractivity contribution in [1.82, 2.24) is 0 Å². The molecule has 98 valence electrons. The van der Waals surface area contributed by atoms with Gasteiger partial charge in [0.2, 0.25) is 0 Å². The van der Waals surface area contributed by atoms with Gasteiger partial charge in [-0.2, -0.15) is 0 Å². The maximum absolute atomic E-state index is 11.9. The number of hydrogen-bond acceptors (Lipinski definition) is 3. The number of nitrogen functional groups attached to an aromatic ring is 1. The lowest BCUT2D eigenvalue weighted by Crippen LogP contribution is -2.06. The molecule has 1 saturated heterocycles. The van der Waals surface area contributed by atoms with Crippen LogP contribution in [0.15, 0.2) is 18.2 Å². The lowest BCUT2D eigenvalue weighted by Gasteiger charge is -2.08. The van der Waals surface area contributed by atoms with Crippen LogP contribution in [0.5, 0.6) is 0 Å². The second-order valence-corrected chi connectivity index (χ2v) is 5.09. The van der Waals surface area contributed by atoms with Crippen molar-refractivity contribution in [2.24, 2.45) is 0 Å². The topological polar surface area (TPSA) is 52.3 Å². The first kappa shape index (κ1) is 13.4. The van der Waals surface area contributed by atoms with Crippen molar-refractivity contribution in [1.29, 1.82) is 0 Å². The minimum Gasteiger partial charge on any atom is -0.398 e. The number of halogens is 1. The number of anilines is 1. The normalized spacial score (nSPS) is 19.1. The van der Waals surface area contributed by atoms with Gasteiger partial charge in [0, 0.05) is 18.6 Å². The summed E-state index contributed by atoms with van der Waals surface area (Å²) >= 11 is 5.90. The van der Waals surface area contributed by atoms with E-state index in [1.165, 1.54) is 0 Å². The van der Waals surface area contributed by atoms with E-state index in [1.807, 2.05) is 0 Å². The van der Waals surface area contributed by atoms with Gasteiger partial charge in [0.05, 0.1) is 16.8 Å². The molecule has 1 atom stereocenters. The van der Waals surface area contributed by atoms with E-state index in [-0.39, 0.29) is 5.78 Å². The fourth-order valence-electron chi connectivity index (χ4n) is 2.21. The van der Waals surface area contributed by atoms with Crippen molar-refractivity contribution in [2.75, 3.05) is 12.3 Å². The van der Waals surface area contributed by atoms with Crippen LogP contribution >= 0.6 is 11.6 Å². The Morgan fingerprint density at radius 1 is 1.50 bits per heavy atom. The molecule has 4 heteroatoms. The summed E-state index contributed by atoms with van der Waals surface area (Å²) in [7, 11) is 0. The summed E-state index contributed by atoms with van der Waals surface area (Å²) < 4.78 is 5.53. The third-order valence-electron chi connectivity index (χ3n) is 3.28. The van der Waals surface area contributed by atoms with Gasteiger partial charge in [0.1, 0.15) is 0 Å². The van der Waals surface area contributed by atoms with Crippen molar-refractivity contribution in [3.63, 3.8) is 0 Å². The Labute approximate surface area is 112 Å². The fraction of sp³-hybridized carbons (Fsp3) is 0.500. The van der Waals surface area contributed by atoms with Gasteiger partial charge < -0.3 is 10.5 Å². The molecule has 1 aromatic rings.